The average Bonchev–Trinajstić information content (AvgIpc) is 3.23. The lowest BCUT2D eigenvalue weighted by Crippen LogP contribution is -2.26. The maximum Gasteiger partial charge on any atom is 0.333 e. The molecule has 0 bridgehead atoms. The summed E-state index contributed by atoms with van der Waals surface area (Å²) in [6.45, 7) is 4.32. The van der Waals surface area contributed by atoms with Crippen molar-refractivity contribution in [3.05, 3.63) is 15.8 Å². The SMILES string of the molecule is CCn1nc(C)c([N+](=O)[O-])c1NC(C1CC1)C1CC1. The normalized spacial score (nSPS) is 18.9. The highest BCUT2D eigenvalue weighted by Gasteiger charge is 2.43. The van der Waals surface area contributed by atoms with Crippen LogP contribution in [0.1, 0.15) is 38.3 Å². The van der Waals surface area contributed by atoms with Gasteiger partial charge in [-0.2, -0.15) is 5.10 Å². The Kier molecular flexibility index (Phi) is 2.95. The molecule has 19 heavy (non-hydrogen) atoms. The minimum atomic E-state index is -0.312. The van der Waals surface area contributed by atoms with Crippen molar-refractivity contribution >= 4 is 11.5 Å². The topological polar surface area (TPSA) is 73.0 Å². The fraction of sp³-hybridized carbons (Fsp3) is 0.769. The third-order valence-electron chi connectivity index (χ3n) is 4.14. The van der Waals surface area contributed by atoms with Gasteiger partial charge < -0.3 is 5.32 Å². The molecule has 2 aliphatic carbocycles. The van der Waals surface area contributed by atoms with E-state index >= 15 is 0 Å². The Labute approximate surface area is 112 Å². The molecule has 104 valence electrons. The van der Waals surface area contributed by atoms with Gasteiger partial charge in [0, 0.05) is 12.6 Å². The molecular formula is C13H20N4O2. The highest BCUT2D eigenvalue weighted by molar-refractivity contribution is 5.60. The van der Waals surface area contributed by atoms with Gasteiger partial charge in [-0.05, 0) is 51.4 Å². The molecule has 0 radical (unpaired) electrons. The molecule has 6 heteroatoms. The van der Waals surface area contributed by atoms with Gasteiger partial charge in [0.05, 0.1) is 4.92 Å². The van der Waals surface area contributed by atoms with Crippen LogP contribution in [0.5, 0.6) is 0 Å². The summed E-state index contributed by atoms with van der Waals surface area (Å²) in [5.74, 6) is 2.01. The summed E-state index contributed by atoms with van der Waals surface area (Å²) in [7, 11) is 0. The smallest absolute Gasteiger partial charge is 0.333 e. The molecule has 3 rings (SSSR count). The van der Waals surface area contributed by atoms with Crippen molar-refractivity contribution < 1.29 is 4.92 Å². The van der Waals surface area contributed by atoms with Gasteiger partial charge in [-0.1, -0.05) is 0 Å². The van der Waals surface area contributed by atoms with E-state index < -0.39 is 0 Å². The number of nitrogens with one attached hydrogen (secondary N) is 1. The molecule has 0 atom stereocenters. The number of anilines is 1. The van der Waals surface area contributed by atoms with Crippen molar-refractivity contribution in [3.8, 4) is 0 Å². The van der Waals surface area contributed by atoms with E-state index in [1.807, 2.05) is 6.92 Å². The molecule has 6 nitrogen and oxygen atoms in total. The van der Waals surface area contributed by atoms with Crippen molar-refractivity contribution in [1.29, 1.82) is 0 Å². The zero-order chi connectivity index (χ0) is 13.6. The second kappa shape index (κ2) is 4.51. The Hall–Kier alpha value is -1.59. The Morgan fingerprint density at radius 3 is 2.42 bits per heavy atom. The Morgan fingerprint density at radius 1 is 1.42 bits per heavy atom. The third kappa shape index (κ3) is 2.31. The first kappa shape index (κ1) is 12.4. The van der Waals surface area contributed by atoms with Gasteiger partial charge in [0.15, 0.2) is 0 Å². The molecule has 0 unspecified atom stereocenters. The Balaban J connectivity index is 1.91. The standard InChI is InChI=1S/C13H20N4O2/c1-3-16-13(12(17(18)19)8(2)15-16)14-11(9-4-5-9)10-6-7-10/h9-11,14H,3-7H2,1-2H3. The van der Waals surface area contributed by atoms with Crippen LogP contribution in [0.25, 0.3) is 0 Å². The monoisotopic (exact) mass is 264 g/mol. The van der Waals surface area contributed by atoms with Crippen molar-refractivity contribution in [2.45, 2.75) is 52.1 Å². The number of aryl methyl sites for hydroxylation is 2. The van der Waals surface area contributed by atoms with E-state index in [2.05, 4.69) is 10.4 Å². The first-order chi connectivity index (χ1) is 9.11. The van der Waals surface area contributed by atoms with Crippen molar-refractivity contribution in [2.24, 2.45) is 11.8 Å². The van der Waals surface area contributed by atoms with E-state index in [1.54, 1.807) is 11.6 Å². The maximum atomic E-state index is 11.2. The lowest BCUT2D eigenvalue weighted by Gasteiger charge is -2.18. The summed E-state index contributed by atoms with van der Waals surface area (Å²) in [6, 6.07) is 0.403. The highest BCUT2D eigenvalue weighted by atomic mass is 16.6. The summed E-state index contributed by atoms with van der Waals surface area (Å²) < 4.78 is 1.73. The van der Waals surface area contributed by atoms with E-state index in [-0.39, 0.29) is 10.6 Å². The fourth-order valence-corrected chi connectivity index (χ4v) is 2.85. The zero-order valence-corrected chi connectivity index (χ0v) is 11.4. The van der Waals surface area contributed by atoms with Crippen LogP contribution in [0.2, 0.25) is 0 Å². The van der Waals surface area contributed by atoms with Crippen LogP contribution in [0.3, 0.4) is 0 Å². The minimum Gasteiger partial charge on any atom is -0.361 e. The van der Waals surface area contributed by atoms with Crippen LogP contribution in [-0.4, -0.2) is 20.7 Å². The molecule has 1 heterocycles. The van der Waals surface area contributed by atoms with E-state index in [1.165, 1.54) is 25.7 Å². The molecule has 1 aromatic heterocycles. The molecule has 2 saturated carbocycles. The highest BCUT2D eigenvalue weighted by Crippen LogP contribution is 2.46. The number of nitro groups is 1. The lowest BCUT2D eigenvalue weighted by atomic mass is 10.1. The van der Waals surface area contributed by atoms with Crippen LogP contribution in [0.4, 0.5) is 11.5 Å². The van der Waals surface area contributed by atoms with Gasteiger partial charge in [-0.3, -0.25) is 10.1 Å². The Bertz CT molecular complexity index is 491. The van der Waals surface area contributed by atoms with Crippen LogP contribution >= 0.6 is 0 Å². The van der Waals surface area contributed by atoms with Crippen molar-refractivity contribution in [2.75, 3.05) is 5.32 Å². The first-order valence-corrected chi connectivity index (χ1v) is 7.10. The molecule has 0 aromatic carbocycles. The number of hydrogen-bond donors (Lipinski definition) is 1. The first-order valence-electron chi connectivity index (χ1n) is 7.10. The summed E-state index contributed by atoms with van der Waals surface area (Å²) in [5.41, 5.74) is 0.646. The van der Waals surface area contributed by atoms with Crippen LogP contribution in [0, 0.1) is 28.9 Å². The summed E-state index contributed by atoms with van der Waals surface area (Å²) in [6.07, 6.45) is 5.00. The Morgan fingerprint density at radius 2 is 2.00 bits per heavy atom. The molecule has 1 N–H and O–H groups in total. The quantitative estimate of drug-likeness (QED) is 0.633. The van der Waals surface area contributed by atoms with Gasteiger partial charge in [-0.15, -0.1) is 0 Å². The molecule has 0 saturated heterocycles. The number of hydrogen-bond acceptors (Lipinski definition) is 4. The molecule has 2 fully saturated rings. The minimum absolute atomic E-state index is 0.146. The van der Waals surface area contributed by atoms with Gasteiger partial charge in [-0.25, -0.2) is 4.68 Å². The molecule has 0 amide bonds. The van der Waals surface area contributed by atoms with Crippen LogP contribution < -0.4 is 5.32 Å². The number of rotatable bonds is 6. The molecule has 1 aromatic rings. The zero-order valence-electron chi connectivity index (χ0n) is 11.4. The molecule has 0 spiro atoms. The van der Waals surface area contributed by atoms with E-state index in [9.17, 15) is 10.1 Å². The maximum absolute atomic E-state index is 11.2. The summed E-state index contributed by atoms with van der Waals surface area (Å²) in [5, 5.41) is 19.0. The number of nitrogens with zero attached hydrogens (tertiary/aromatic N) is 3. The predicted molar refractivity (Wildman–Crippen MR) is 72.2 cm³/mol. The largest absolute Gasteiger partial charge is 0.361 e. The van der Waals surface area contributed by atoms with Gasteiger partial charge in [0.25, 0.3) is 0 Å². The van der Waals surface area contributed by atoms with E-state index in [0.29, 0.717) is 35.9 Å². The number of aromatic nitrogens is 2. The molecule has 0 aliphatic heterocycles. The summed E-state index contributed by atoms with van der Waals surface area (Å²) >= 11 is 0. The fourth-order valence-electron chi connectivity index (χ4n) is 2.85. The van der Waals surface area contributed by atoms with Crippen LogP contribution in [0.15, 0.2) is 0 Å². The van der Waals surface area contributed by atoms with Gasteiger partial charge >= 0.3 is 5.69 Å². The van der Waals surface area contributed by atoms with E-state index in [0.717, 1.165) is 0 Å². The van der Waals surface area contributed by atoms with E-state index in [4.69, 9.17) is 0 Å². The second-order valence-corrected chi connectivity index (χ2v) is 5.70. The van der Waals surface area contributed by atoms with Crippen molar-refractivity contribution in [3.63, 3.8) is 0 Å². The van der Waals surface area contributed by atoms with Crippen LogP contribution in [-0.2, 0) is 6.54 Å². The lowest BCUT2D eigenvalue weighted by molar-refractivity contribution is -0.384. The third-order valence-corrected chi connectivity index (χ3v) is 4.14. The average molecular weight is 264 g/mol. The van der Waals surface area contributed by atoms with Gasteiger partial charge in [0.2, 0.25) is 5.82 Å². The van der Waals surface area contributed by atoms with Gasteiger partial charge in [0.1, 0.15) is 5.69 Å². The molecular weight excluding hydrogens is 244 g/mol. The predicted octanol–water partition coefficient (Wildman–Crippen LogP) is 2.72. The summed E-state index contributed by atoms with van der Waals surface area (Å²) in [4.78, 5) is 10.9. The second-order valence-electron chi connectivity index (χ2n) is 5.70. The van der Waals surface area contributed by atoms with Crippen molar-refractivity contribution in [1.82, 2.24) is 9.78 Å². The molecule has 2 aliphatic rings.